The zero-order chi connectivity index (χ0) is 12.5. The third-order valence-corrected chi connectivity index (χ3v) is 6.09. The smallest absolute Gasteiger partial charge is 0.250 e. The summed E-state index contributed by atoms with van der Waals surface area (Å²) in [5, 5.41) is 0. The number of hydrogen-bond acceptors (Lipinski definition) is 4. The Balaban J connectivity index is 2.11. The van der Waals surface area contributed by atoms with Crippen LogP contribution in [-0.2, 0) is 10.0 Å². The van der Waals surface area contributed by atoms with Crippen molar-refractivity contribution < 1.29 is 8.42 Å². The minimum absolute atomic E-state index is 0.0559. The van der Waals surface area contributed by atoms with Crippen LogP contribution in [0.4, 0.5) is 0 Å². The van der Waals surface area contributed by atoms with Gasteiger partial charge in [-0.05, 0) is 31.9 Å². The first-order valence-corrected chi connectivity index (χ1v) is 8.13. The summed E-state index contributed by atoms with van der Waals surface area (Å²) in [6.07, 6.45) is 3.88. The van der Waals surface area contributed by atoms with E-state index in [9.17, 15) is 8.42 Å². The molecule has 1 heterocycles. The molecule has 0 amide bonds. The summed E-state index contributed by atoms with van der Waals surface area (Å²) in [7, 11) is -3.38. The summed E-state index contributed by atoms with van der Waals surface area (Å²) in [4.78, 5) is 0.998. The number of nitrogens with one attached hydrogen (secondary N) is 1. The highest BCUT2D eigenvalue weighted by Crippen LogP contribution is 2.23. The first kappa shape index (κ1) is 13.0. The summed E-state index contributed by atoms with van der Waals surface area (Å²) in [6.45, 7) is 1.90. The van der Waals surface area contributed by atoms with Gasteiger partial charge in [-0.3, -0.25) is 0 Å². The Kier molecular flexibility index (Phi) is 3.87. The maximum atomic E-state index is 12.1. The first-order valence-electron chi connectivity index (χ1n) is 5.83. The molecular weight excluding hydrogens is 256 g/mol. The van der Waals surface area contributed by atoms with Crippen molar-refractivity contribution in [2.45, 2.75) is 48.9 Å². The average Bonchev–Trinajstić information content (AvgIpc) is 2.69. The number of hydrogen-bond donors (Lipinski definition) is 2. The van der Waals surface area contributed by atoms with Crippen molar-refractivity contribution in [1.29, 1.82) is 0 Å². The lowest BCUT2D eigenvalue weighted by Gasteiger charge is -2.28. The van der Waals surface area contributed by atoms with E-state index in [1.54, 1.807) is 6.07 Å². The molecule has 1 saturated carbocycles. The molecule has 0 aromatic carbocycles. The molecule has 0 unspecified atom stereocenters. The molecule has 0 aliphatic heterocycles. The first-order chi connectivity index (χ1) is 7.99. The van der Waals surface area contributed by atoms with E-state index in [4.69, 9.17) is 5.73 Å². The van der Waals surface area contributed by atoms with Gasteiger partial charge < -0.3 is 5.73 Å². The summed E-state index contributed by atoms with van der Waals surface area (Å²) >= 11 is 1.29. The second-order valence-corrected chi connectivity index (χ2v) is 7.77. The van der Waals surface area contributed by atoms with Crippen molar-refractivity contribution in [3.8, 4) is 0 Å². The molecule has 0 spiro atoms. The van der Waals surface area contributed by atoms with Gasteiger partial charge in [-0.25, -0.2) is 13.1 Å². The topological polar surface area (TPSA) is 72.2 Å². The van der Waals surface area contributed by atoms with Gasteiger partial charge in [0.05, 0.1) is 0 Å². The highest BCUT2D eigenvalue weighted by atomic mass is 32.2. The molecule has 2 atom stereocenters. The molecular formula is C11H18N2O2S2. The Labute approximate surface area is 106 Å². The Morgan fingerprint density at radius 2 is 2.06 bits per heavy atom. The van der Waals surface area contributed by atoms with Crippen LogP contribution in [0.2, 0.25) is 0 Å². The fourth-order valence-corrected chi connectivity index (χ4v) is 4.74. The average molecular weight is 274 g/mol. The Morgan fingerprint density at radius 1 is 1.35 bits per heavy atom. The zero-order valence-electron chi connectivity index (χ0n) is 9.85. The van der Waals surface area contributed by atoms with Crippen LogP contribution in [0.15, 0.2) is 16.3 Å². The van der Waals surface area contributed by atoms with Crippen molar-refractivity contribution in [1.82, 2.24) is 4.72 Å². The van der Waals surface area contributed by atoms with Crippen LogP contribution in [0.5, 0.6) is 0 Å². The molecule has 6 heteroatoms. The molecule has 1 aromatic rings. The Hall–Kier alpha value is -0.430. The van der Waals surface area contributed by atoms with Crippen LogP contribution in [0.25, 0.3) is 0 Å². The van der Waals surface area contributed by atoms with Gasteiger partial charge in [0.25, 0.3) is 0 Å². The minimum atomic E-state index is -3.38. The van der Waals surface area contributed by atoms with Crippen LogP contribution in [0.3, 0.4) is 0 Å². The van der Waals surface area contributed by atoms with E-state index in [1.165, 1.54) is 11.3 Å². The van der Waals surface area contributed by atoms with Crippen molar-refractivity contribution in [2.24, 2.45) is 5.73 Å². The summed E-state index contributed by atoms with van der Waals surface area (Å²) in [5.41, 5.74) is 5.95. The Morgan fingerprint density at radius 3 is 2.65 bits per heavy atom. The van der Waals surface area contributed by atoms with Gasteiger partial charge in [-0.15, -0.1) is 11.3 Å². The number of thiophene rings is 1. The minimum Gasteiger partial charge on any atom is -0.326 e. The molecule has 0 saturated heterocycles. The highest BCUT2D eigenvalue weighted by Gasteiger charge is 2.27. The maximum absolute atomic E-state index is 12.1. The van der Waals surface area contributed by atoms with Gasteiger partial charge in [-0.2, -0.15) is 0 Å². The fraction of sp³-hybridized carbons (Fsp3) is 0.636. The Bertz CT molecular complexity index is 481. The summed E-state index contributed by atoms with van der Waals surface area (Å²) < 4.78 is 27.3. The summed E-state index contributed by atoms with van der Waals surface area (Å²) in [6, 6.07) is 3.30. The number of nitrogens with two attached hydrogens (primary N) is 1. The van der Waals surface area contributed by atoms with Gasteiger partial charge in [0.15, 0.2) is 0 Å². The zero-order valence-corrected chi connectivity index (χ0v) is 11.5. The van der Waals surface area contributed by atoms with E-state index in [1.807, 2.05) is 13.0 Å². The van der Waals surface area contributed by atoms with Gasteiger partial charge >= 0.3 is 0 Å². The molecule has 0 radical (unpaired) electrons. The number of sulfonamides is 1. The second-order valence-electron chi connectivity index (χ2n) is 4.54. The molecule has 0 bridgehead atoms. The third-order valence-electron chi connectivity index (χ3n) is 3.11. The van der Waals surface area contributed by atoms with Crippen LogP contribution in [0.1, 0.15) is 30.6 Å². The van der Waals surface area contributed by atoms with E-state index in [0.29, 0.717) is 4.21 Å². The summed E-state index contributed by atoms with van der Waals surface area (Å²) in [5.74, 6) is 0. The number of aryl methyl sites for hydroxylation is 1. The van der Waals surface area contributed by atoms with Crippen molar-refractivity contribution >= 4 is 21.4 Å². The quantitative estimate of drug-likeness (QED) is 0.879. The van der Waals surface area contributed by atoms with Crippen molar-refractivity contribution in [3.63, 3.8) is 0 Å². The van der Waals surface area contributed by atoms with Crippen molar-refractivity contribution in [3.05, 3.63) is 17.0 Å². The molecule has 96 valence electrons. The molecule has 3 N–H and O–H groups in total. The molecule has 17 heavy (non-hydrogen) atoms. The molecule has 1 aliphatic rings. The lowest BCUT2D eigenvalue weighted by Crippen LogP contribution is -2.49. The molecule has 1 aliphatic carbocycles. The monoisotopic (exact) mass is 274 g/mol. The van der Waals surface area contributed by atoms with E-state index in [2.05, 4.69) is 4.72 Å². The van der Waals surface area contributed by atoms with Crippen LogP contribution >= 0.6 is 11.3 Å². The SMILES string of the molecule is Cc1ccc(S(=O)(=O)N[C@@H]2CCCC[C@H]2N)s1. The standard InChI is InChI=1S/C11H18N2O2S2/c1-8-6-7-11(16-8)17(14,15)13-10-5-3-2-4-9(10)12/h6-7,9-10,13H,2-5,12H2,1H3/t9-,10-/m1/s1. The lowest BCUT2D eigenvalue weighted by atomic mass is 9.92. The van der Waals surface area contributed by atoms with Gasteiger partial charge in [0.1, 0.15) is 4.21 Å². The van der Waals surface area contributed by atoms with Crippen LogP contribution in [0, 0.1) is 6.92 Å². The molecule has 4 nitrogen and oxygen atoms in total. The fourth-order valence-electron chi connectivity index (χ4n) is 2.12. The van der Waals surface area contributed by atoms with Crippen molar-refractivity contribution in [2.75, 3.05) is 0 Å². The maximum Gasteiger partial charge on any atom is 0.250 e. The van der Waals surface area contributed by atoms with E-state index in [-0.39, 0.29) is 12.1 Å². The molecule has 1 aromatic heterocycles. The lowest BCUT2D eigenvalue weighted by molar-refractivity contribution is 0.361. The van der Waals surface area contributed by atoms with Crippen LogP contribution in [-0.4, -0.2) is 20.5 Å². The second kappa shape index (κ2) is 5.06. The molecule has 2 rings (SSSR count). The van der Waals surface area contributed by atoms with E-state index in [0.717, 1.165) is 30.6 Å². The molecule has 1 fully saturated rings. The van der Waals surface area contributed by atoms with E-state index >= 15 is 0 Å². The largest absolute Gasteiger partial charge is 0.326 e. The normalized spacial score (nSPS) is 26.0. The van der Waals surface area contributed by atoms with Gasteiger partial charge in [-0.1, -0.05) is 12.8 Å². The van der Waals surface area contributed by atoms with Gasteiger partial charge in [0, 0.05) is 17.0 Å². The van der Waals surface area contributed by atoms with Gasteiger partial charge in [0.2, 0.25) is 10.0 Å². The predicted octanol–water partition coefficient (Wildman–Crippen LogP) is 1.60. The highest BCUT2D eigenvalue weighted by molar-refractivity contribution is 7.91. The van der Waals surface area contributed by atoms with Crippen LogP contribution < -0.4 is 10.5 Å². The predicted molar refractivity (Wildman–Crippen MR) is 69.6 cm³/mol. The number of rotatable bonds is 3. The van der Waals surface area contributed by atoms with E-state index < -0.39 is 10.0 Å². The third kappa shape index (κ3) is 3.07.